The number of alkyl halides is 3. The van der Waals surface area contributed by atoms with Crippen LogP contribution in [0.2, 0.25) is 0 Å². The molecule has 0 aliphatic carbocycles. The fraction of sp³-hybridized carbons (Fsp3) is 0.280. The lowest BCUT2D eigenvalue weighted by atomic mass is 10.1. The van der Waals surface area contributed by atoms with Crippen LogP contribution in [-0.2, 0) is 19.2 Å². The summed E-state index contributed by atoms with van der Waals surface area (Å²) >= 11 is 0. The molecule has 0 aliphatic rings. The van der Waals surface area contributed by atoms with Crippen molar-refractivity contribution in [2.75, 3.05) is 6.54 Å². The maximum Gasteiger partial charge on any atom is 0.416 e. The molecule has 2 aromatic carbocycles. The minimum absolute atomic E-state index is 0.00412. The number of nitrogens with one attached hydrogen (secondary N) is 1. The van der Waals surface area contributed by atoms with Crippen LogP contribution < -0.4 is 16.2 Å². The van der Waals surface area contributed by atoms with Gasteiger partial charge in [-0.3, -0.25) is 5.41 Å². The van der Waals surface area contributed by atoms with E-state index in [1.165, 1.54) is 30.9 Å². The quantitative estimate of drug-likeness (QED) is 0.151. The van der Waals surface area contributed by atoms with Gasteiger partial charge in [0.1, 0.15) is 30.1 Å². The van der Waals surface area contributed by atoms with Crippen LogP contribution in [0.5, 0.6) is 5.75 Å². The van der Waals surface area contributed by atoms with Gasteiger partial charge < -0.3 is 20.6 Å². The molecule has 1 heterocycles. The van der Waals surface area contributed by atoms with Crippen molar-refractivity contribution in [3.63, 3.8) is 0 Å². The molecule has 0 bridgehead atoms. The third-order valence-corrected chi connectivity index (χ3v) is 4.53. The largest absolute Gasteiger partial charge is 0.487 e. The summed E-state index contributed by atoms with van der Waals surface area (Å²) in [5, 5.41) is 6.28. The molecule has 0 aliphatic heterocycles. The second-order valence-electron chi connectivity index (χ2n) is 7.61. The number of nitrogens with two attached hydrogens (primary N) is 2. The molecule has 10 heteroatoms. The van der Waals surface area contributed by atoms with Gasteiger partial charge in [0.2, 0.25) is 5.89 Å². The fourth-order valence-corrected chi connectivity index (χ4v) is 2.85. The van der Waals surface area contributed by atoms with Gasteiger partial charge in [-0.05, 0) is 68.6 Å². The number of unbranched alkanes of at least 4 members (excludes halogenated alkanes) is 1. The highest BCUT2D eigenvalue weighted by molar-refractivity contribution is 5.73. The van der Waals surface area contributed by atoms with Gasteiger partial charge in [0.25, 0.3) is 0 Å². The lowest BCUT2D eigenvalue weighted by Crippen LogP contribution is -2.05. The van der Waals surface area contributed by atoms with Gasteiger partial charge in [-0.15, -0.1) is 0 Å². The van der Waals surface area contributed by atoms with Crippen LogP contribution in [0.25, 0.3) is 12.2 Å². The van der Waals surface area contributed by atoms with E-state index in [9.17, 15) is 17.6 Å². The van der Waals surface area contributed by atoms with Gasteiger partial charge in [0.05, 0.1) is 11.4 Å². The molecule has 188 valence electrons. The molecule has 0 spiro atoms. The number of rotatable bonds is 9. The fourth-order valence-electron chi connectivity index (χ4n) is 2.85. The van der Waals surface area contributed by atoms with Crippen molar-refractivity contribution >= 4 is 18.0 Å². The summed E-state index contributed by atoms with van der Waals surface area (Å²) < 4.78 is 62.7. The van der Waals surface area contributed by atoms with Gasteiger partial charge in [0.15, 0.2) is 0 Å². The van der Waals surface area contributed by atoms with E-state index in [1.807, 2.05) is 24.3 Å². The van der Waals surface area contributed by atoms with Crippen molar-refractivity contribution in [3.8, 4) is 5.75 Å². The maximum atomic E-state index is 13.9. The Morgan fingerprint density at radius 2 is 1.80 bits per heavy atom. The SMILES string of the molecule is CC(=N)N.NCCCCc1ccc(OCc2coc(/C=C/c3ccc(C(F)(F)F)cc3F)n2)cc1. The molecular weight excluding hydrogens is 464 g/mol. The second-order valence-corrected chi connectivity index (χ2v) is 7.61. The number of hydrogen-bond donors (Lipinski definition) is 3. The van der Waals surface area contributed by atoms with Crippen molar-refractivity contribution in [2.24, 2.45) is 11.5 Å². The lowest BCUT2D eigenvalue weighted by Gasteiger charge is -2.07. The third kappa shape index (κ3) is 10.0. The van der Waals surface area contributed by atoms with Gasteiger partial charge in [-0.25, -0.2) is 9.37 Å². The van der Waals surface area contributed by atoms with Crippen molar-refractivity contribution < 1.29 is 26.7 Å². The van der Waals surface area contributed by atoms with Crippen LogP contribution in [0, 0.1) is 11.2 Å². The van der Waals surface area contributed by atoms with E-state index < -0.39 is 17.6 Å². The predicted molar refractivity (Wildman–Crippen MR) is 127 cm³/mol. The molecule has 0 saturated carbocycles. The normalized spacial score (nSPS) is 11.3. The first kappa shape index (κ1) is 27.6. The number of aryl methyl sites for hydroxylation is 1. The molecule has 0 amide bonds. The van der Waals surface area contributed by atoms with Gasteiger partial charge in [-0.1, -0.05) is 18.2 Å². The van der Waals surface area contributed by atoms with E-state index in [-0.39, 0.29) is 23.9 Å². The molecule has 35 heavy (non-hydrogen) atoms. The van der Waals surface area contributed by atoms with E-state index in [0.717, 1.165) is 31.4 Å². The molecule has 0 atom stereocenters. The summed E-state index contributed by atoms with van der Waals surface area (Å²) in [5.74, 6) is 0.0651. The molecule has 0 radical (unpaired) electrons. The first-order valence-electron chi connectivity index (χ1n) is 10.8. The number of ether oxygens (including phenoxy) is 1. The van der Waals surface area contributed by atoms with Crippen LogP contribution in [0.1, 0.15) is 48.0 Å². The van der Waals surface area contributed by atoms with Crippen LogP contribution >= 0.6 is 0 Å². The minimum atomic E-state index is -4.59. The summed E-state index contributed by atoms with van der Waals surface area (Å²) in [6, 6.07) is 10.1. The van der Waals surface area contributed by atoms with Gasteiger partial charge in [-0.2, -0.15) is 13.2 Å². The number of amidine groups is 1. The summed E-state index contributed by atoms with van der Waals surface area (Å²) in [6.45, 7) is 2.40. The summed E-state index contributed by atoms with van der Waals surface area (Å²) in [6.07, 6.45) is 2.50. The van der Waals surface area contributed by atoms with Crippen LogP contribution in [0.4, 0.5) is 17.6 Å². The van der Waals surface area contributed by atoms with E-state index in [1.54, 1.807) is 0 Å². The lowest BCUT2D eigenvalue weighted by molar-refractivity contribution is -0.137. The summed E-state index contributed by atoms with van der Waals surface area (Å²) in [7, 11) is 0. The summed E-state index contributed by atoms with van der Waals surface area (Å²) in [4.78, 5) is 4.20. The Morgan fingerprint density at radius 3 is 2.40 bits per heavy atom. The maximum absolute atomic E-state index is 13.9. The van der Waals surface area contributed by atoms with E-state index in [0.29, 0.717) is 24.1 Å². The average molecular weight is 493 g/mol. The Kier molecular flexibility index (Phi) is 10.5. The number of benzene rings is 2. The molecule has 0 saturated heterocycles. The molecule has 3 rings (SSSR count). The first-order chi connectivity index (χ1) is 16.6. The first-order valence-corrected chi connectivity index (χ1v) is 10.8. The van der Waals surface area contributed by atoms with Crippen molar-refractivity contribution in [2.45, 2.75) is 39.0 Å². The van der Waals surface area contributed by atoms with Crippen molar-refractivity contribution in [1.82, 2.24) is 4.98 Å². The Balaban J connectivity index is 0.00000100. The zero-order valence-corrected chi connectivity index (χ0v) is 19.2. The zero-order valence-electron chi connectivity index (χ0n) is 19.2. The topological polar surface area (TPSA) is 111 Å². The molecule has 0 unspecified atom stereocenters. The predicted octanol–water partition coefficient (Wildman–Crippen LogP) is 5.81. The van der Waals surface area contributed by atoms with E-state index in [2.05, 4.69) is 4.98 Å². The number of halogens is 4. The van der Waals surface area contributed by atoms with Crippen LogP contribution in [0.15, 0.2) is 53.1 Å². The molecule has 5 N–H and O–H groups in total. The van der Waals surface area contributed by atoms with Gasteiger partial charge >= 0.3 is 6.18 Å². The number of nitrogens with zero attached hydrogens (tertiary/aromatic N) is 1. The Bertz CT molecular complexity index is 1110. The zero-order chi connectivity index (χ0) is 25.8. The molecule has 6 nitrogen and oxygen atoms in total. The molecule has 1 aromatic heterocycles. The van der Waals surface area contributed by atoms with Crippen molar-refractivity contribution in [1.29, 1.82) is 5.41 Å². The number of oxazole rings is 1. The monoisotopic (exact) mass is 492 g/mol. The third-order valence-electron chi connectivity index (χ3n) is 4.53. The number of aromatic nitrogens is 1. The summed E-state index contributed by atoms with van der Waals surface area (Å²) in [5.41, 5.74) is 10.9. The van der Waals surface area contributed by atoms with E-state index >= 15 is 0 Å². The highest BCUT2D eigenvalue weighted by atomic mass is 19.4. The average Bonchev–Trinajstić information content (AvgIpc) is 3.25. The Hall–Kier alpha value is -3.66. The molecular formula is C25H28F4N4O2. The molecule has 0 fully saturated rings. The smallest absolute Gasteiger partial charge is 0.416 e. The second kappa shape index (κ2) is 13.3. The number of hydrogen-bond acceptors (Lipinski definition) is 5. The Labute approximate surface area is 201 Å². The van der Waals surface area contributed by atoms with Gasteiger partial charge in [0, 0.05) is 11.6 Å². The van der Waals surface area contributed by atoms with Crippen LogP contribution in [0.3, 0.4) is 0 Å². The van der Waals surface area contributed by atoms with Crippen molar-refractivity contribution in [3.05, 3.63) is 82.8 Å². The standard InChI is InChI=1S/C23H22F4N2O2.C2H6N2/c24-21-13-18(23(25,26)27)8-6-17(21)7-11-22-29-19(15-31-22)14-30-20-9-4-16(5-10-20)3-1-2-12-28;1-2(3)4/h4-11,13,15H,1-3,12,14,28H2;1H3,(H3,3,4)/b11-7+;. The van der Waals surface area contributed by atoms with E-state index in [4.69, 9.17) is 26.0 Å². The Morgan fingerprint density at radius 1 is 1.11 bits per heavy atom. The van der Waals surface area contributed by atoms with Crippen LogP contribution in [-0.4, -0.2) is 17.4 Å². The highest BCUT2D eigenvalue weighted by Gasteiger charge is 2.30. The minimum Gasteiger partial charge on any atom is -0.487 e. The molecule has 3 aromatic rings. The highest BCUT2D eigenvalue weighted by Crippen LogP contribution is 2.30.